The summed E-state index contributed by atoms with van der Waals surface area (Å²) < 4.78 is 10.8. The van der Waals surface area contributed by atoms with Gasteiger partial charge in [-0.25, -0.2) is 4.79 Å². The van der Waals surface area contributed by atoms with Crippen molar-refractivity contribution in [3.05, 3.63) is 59.7 Å². The molecule has 1 fully saturated rings. The van der Waals surface area contributed by atoms with E-state index in [1.165, 1.54) is 25.3 Å². The normalized spacial score (nSPS) is 18.0. The van der Waals surface area contributed by atoms with Crippen molar-refractivity contribution in [2.24, 2.45) is 11.8 Å². The standard InChI is InChI=1S/C28H36N2O4/c1-2-3-4-20-5-10-23(11-6-20)28(32)34-26-12-7-21(8-13-26)9-14-27(31)33-16-15-22-17-24(29)19-25(30)18-22/h7-9,12-14,17-20,23H,2-6,10-11,15-16,29-30H2,1H3. The first-order chi connectivity index (χ1) is 16.4. The molecular weight excluding hydrogens is 428 g/mol. The van der Waals surface area contributed by atoms with Crippen LogP contribution in [0.3, 0.4) is 0 Å². The first kappa shape index (κ1) is 25.3. The van der Waals surface area contributed by atoms with Gasteiger partial charge in [0.15, 0.2) is 0 Å². The highest BCUT2D eigenvalue weighted by atomic mass is 16.5. The van der Waals surface area contributed by atoms with Crippen molar-refractivity contribution in [1.82, 2.24) is 0 Å². The third-order valence-electron chi connectivity index (χ3n) is 6.33. The molecule has 1 aliphatic carbocycles. The summed E-state index contributed by atoms with van der Waals surface area (Å²) in [6, 6.07) is 12.4. The van der Waals surface area contributed by atoms with E-state index in [9.17, 15) is 9.59 Å². The molecule has 0 amide bonds. The van der Waals surface area contributed by atoms with E-state index in [0.717, 1.165) is 42.7 Å². The van der Waals surface area contributed by atoms with Crippen molar-refractivity contribution in [2.75, 3.05) is 18.1 Å². The number of nitrogen functional groups attached to an aromatic ring is 2. The lowest BCUT2D eigenvalue weighted by Crippen LogP contribution is -2.25. The molecule has 2 aromatic rings. The van der Waals surface area contributed by atoms with Crippen LogP contribution >= 0.6 is 0 Å². The summed E-state index contributed by atoms with van der Waals surface area (Å²) in [4.78, 5) is 24.5. The molecule has 0 unspecified atom stereocenters. The third-order valence-corrected chi connectivity index (χ3v) is 6.33. The number of hydrogen-bond acceptors (Lipinski definition) is 6. The molecule has 182 valence electrons. The highest BCUT2D eigenvalue weighted by Gasteiger charge is 2.27. The number of hydrogen-bond donors (Lipinski definition) is 2. The van der Waals surface area contributed by atoms with Crippen LogP contribution < -0.4 is 16.2 Å². The minimum atomic E-state index is -0.429. The number of esters is 2. The van der Waals surface area contributed by atoms with Gasteiger partial charge in [-0.15, -0.1) is 0 Å². The Balaban J connectivity index is 1.39. The topological polar surface area (TPSA) is 105 Å². The van der Waals surface area contributed by atoms with Crippen LogP contribution in [0.25, 0.3) is 6.08 Å². The largest absolute Gasteiger partial charge is 0.462 e. The second-order valence-electron chi connectivity index (χ2n) is 9.11. The quantitative estimate of drug-likeness (QED) is 0.207. The fraction of sp³-hybridized carbons (Fsp3) is 0.429. The molecule has 0 radical (unpaired) electrons. The molecule has 0 aromatic heterocycles. The van der Waals surface area contributed by atoms with Crippen molar-refractivity contribution >= 4 is 29.4 Å². The Labute approximate surface area is 202 Å². The molecule has 0 aliphatic heterocycles. The molecule has 1 aliphatic rings. The van der Waals surface area contributed by atoms with E-state index in [1.807, 2.05) is 24.3 Å². The van der Waals surface area contributed by atoms with Crippen LogP contribution in [0.5, 0.6) is 5.75 Å². The molecule has 0 bridgehead atoms. The van der Waals surface area contributed by atoms with Gasteiger partial charge in [-0.05, 0) is 79.1 Å². The number of benzene rings is 2. The Bertz CT molecular complexity index is 956. The summed E-state index contributed by atoms with van der Waals surface area (Å²) in [6.07, 6.45) is 11.4. The van der Waals surface area contributed by atoms with Crippen LogP contribution in [0.4, 0.5) is 11.4 Å². The maximum Gasteiger partial charge on any atom is 0.330 e. The van der Waals surface area contributed by atoms with Gasteiger partial charge in [0.2, 0.25) is 0 Å². The maximum absolute atomic E-state index is 12.5. The number of rotatable bonds is 10. The summed E-state index contributed by atoms with van der Waals surface area (Å²) in [5, 5.41) is 0. The number of nitrogens with two attached hydrogens (primary N) is 2. The predicted molar refractivity (Wildman–Crippen MR) is 136 cm³/mol. The van der Waals surface area contributed by atoms with Gasteiger partial charge in [0.25, 0.3) is 0 Å². The van der Waals surface area contributed by atoms with Crippen LogP contribution in [0.2, 0.25) is 0 Å². The Kier molecular flexibility index (Phi) is 9.56. The molecule has 34 heavy (non-hydrogen) atoms. The fourth-order valence-corrected chi connectivity index (χ4v) is 4.40. The maximum atomic E-state index is 12.5. The number of anilines is 2. The third kappa shape index (κ3) is 8.25. The van der Waals surface area contributed by atoms with Gasteiger partial charge in [-0.2, -0.15) is 0 Å². The van der Waals surface area contributed by atoms with Crippen LogP contribution in [0.1, 0.15) is 63.0 Å². The van der Waals surface area contributed by atoms with Crippen molar-refractivity contribution < 1.29 is 19.1 Å². The van der Waals surface area contributed by atoms with E-state index >= 15 is 0 Å². The lowest BCUT2D eigenvalue weighted by molar-refractivity contribution is -0.140. The van der Waals surface area contributed by atoms with Crippen LogP contribution in [0.15, 0.2) is 48.5 Å². The molecule has 3 rings (SSSR count). The SMILES string of the molecule is CCCCC1CCC(C(=O)Oc2ccc(C=CC(=O)OCCc3cc(N)cc(N)c3)cc2)CC1. The number of unbranched alkanes of at least 4 members (excludes halogenated alkanes) is 1. The Morgan fingerprint density at radius 3 is 2.32 bits per heavy atom. The fourth-order valence-electron chi connectivity index (χ4n) is 4.40. The van der Waals surface area contributed by atoms with E-state index in [-0.39, 0.29) is 18.5 Å². The number of ether oxygens (including phenoxy) is 2. The summed E-state index contributed by atoms with van der Waals surface area (Å²) in [7, 11) is 0. The molecule has 2 aromatic carbocycles. The van der Waals surface area contributed by atoms with Crippen LogP contribution in [0, 0.1) is 11.8 Å². The summed E-state index contributed by atoms with van der Waals surface area (Å²) >= 11 is 0. The number of carbonyl (C=O) groups excluding carboxylic acids is 2. The Hall–Kier alpha value is -3.28. The second-order valence-corrected chi connectivity index (χ2v) is 9.11. The van der Waals surface area contributed by atoms with Gasteiger partial charge >= 0.3 is 11.9 Å². The van der Waals surface area contributed by atoms with Gasteiger partial charge < -0.3 is 20.9 Å². The lowest BCUT2D eigenvalue weighted by atomic mass is 9.80. The molecule has 0 heterocycles. The van der Waals surface area contributed by atoms with Crippen molar-refractivity contribution in [1.29, 1.82) is 0 Å². The highest BCUT2D eigenvalue weighted by Crippen LogP contribution is 2.32. The number of carbonyl (C=O) groups is 2. The van der Waals surface area contributed by atoms with Gasteiger partial charge in [-0.1, -0.05) is 38.3 Å². The second kappa shape index (κ2) is 12.8. The van der Waals surface area contributed by atoms with Gasteiger partial charge in [0.05, 0.1) is 12.5 Å². The summed E-state index contributed by atoms with van der Waals surface area (Å²) in [5.41, 5.74) is 14.5. The molecule has 6 nitrogen and oxygen atoms in total. The van der Waals surface area contributed by atoms with Gasteiger partial charge in [-0.3, -0.25) is 4.79 Å². The summed E-state index contributed by atoms with van der Waals surface area (Å²) in [6.45, 7) is 2.46. The lowest BCUT2D eigenvalue weighted by Gasteiger charge is -2.27. The molecule has 1 saturated carbocycles. The zero-order valence-electron chi connectivity index (χ0n) is 20.0. The van der Waals surface area contributed by atoms with E-state index in [1.54, 1.807) is 24.3 Å². The minimum absolute atomic E-state index is 0.00372. The molecule has 0 spiro atoms. The Morgan fingerprint density at radius 2 is 1.68 bits per heavy atom. The molecular formula is C28H36N2O4. The van der Waals surface area contributed by atoms with Crippen LogP contribution in [-0.4, -0.2) is 18.5 Å². The van der Waals surface area contributed by atoms with Crippen molar-refractivity contribution in [3.8, 4) is 5.75 Å². The first-order valence-corrected chi connectivity index (χ1v) is 12.2. The first-order valence-electron chi connectivity index (χ1n) is 12.2. The monoisotopic (exact) mass is 464 g/mol. The summed E-state index contributed by atoms with van der Waals surface area (Å²) in [5.74, 6) is 0.720. The average molecular weight is 465 g/mol. The van der Waals surface area contributed by atoms with Crippen molar-refractivity contribution in [2.45, 2.75) is 58.3 Å². The van der Waals surface area contributed by atoms with Gasteiger partial charge in [0.1, 0.15) is 5.75 Å². The molecule has 4 N–H and O–H groups in total. The van der Waals surface area contributed by atoms with E-state index in [4.69, 9.17) is 20.9 Å². The smallest absolute Gasteiger partial charge is 0.330 e. The van der Waals surface area contributed by atoms with E-state index < -0.39 is 5.97 Å². The van der Waals surface area contributed by atoms with E-state index in [2.05, 4.69) is 6.92 Å². The predicted octanol–water partition coefficient (Wildman–Crippen LogP) is 5.55. The molecule has 0 saturated heterocycles. The molecule has 0 atom stereocenters. The van der Waals surface area contributed by atoms with Crippen LogP contribution in [-0.2, 0) is 20.7 Å². The molecule has 6 heteroatoms. The van der Waals surface area contributed by atoms with Gasteiger partial charge in [0, 0.05) is 23.9 Å². The minimum Gasteiger partial charge on any atom is -0.462 e. The van der Waals surface area contributed by atoms with E-state index in [0.29, 0.717) is 23.5 Å². The van der Waals surface area contributed by atoms with Crippen molar-refractivity contribution in [3.63, 3.8) is 0 Å². The highest BCUT2D eigenvalue weighted by molar-refractivity contribution is 5.87. The zero-order chi connectivity index (χ0) is 24.3. The Morgan fingerprint density at radius 1 is 1.00 bits per heavy atom. The average Bonchev–Trinajstić information content (AvgIpc) is 2.82. The zero-order valence-corrected chi connectivity index (χ0v) is 20.0.